The summed E-state index contributed by atoms with van der Waals surface area (Å²) in [6, 6.07) is 6.53. The van der Waals surface area contributed by atoms with Crippen LogP contribution in [0.5, 0.6) is 11.5 Å². The average Bonchev–Trinajstić information content (AvgIpc) is 3.29. The molecule has 4 heteroatoms. The third-order valence-corrected chi connectivity index (χ3v) is 5.27. The van der Waals surface area contributed by atoms with Crippen molar-refractivity contribution in [2.45, 2.75) is 50.2 Å². The van der Waals surface area contributed by atoms with Crippen LogP contribution in [0.4, 0.5) is 0 Å². The van der Waals surface area contributed by atoms with Crippen molar-refractivity contribution in [2.75, 3.05) is 27.2 Å². The smallest absolute Gasteiger partial charge is 0.161 e. The van der Waals surface area contributed by atoms with Crippen molar-refractivity contribution in [1.29, 1.82) is 0 Å². The summed E-state index contributed by atoms with van der Waals surface area (Å²) >= 11 is 0. The molecule has 1 saturated carbocycles. The maximum atomic E-state index is 6.20. The molecule has 22 heavy (non-hydrogen) atoms. The van der Waals surface area contributed by atoms with Crippen LogP contribution in [0.1, 0.15) is 38.2 Å². The summed E-state index contributed by atoms with van der Waals surface area (Å²) in [7, 11) is 3.86. The molecule has 122 valence electrons. The number of rotatable bonds is 5. The maximum Gasteiger partial charge on any atom is 0.161 e. The zero-order valence-corrected chi connectivity index (χ0v) is 14.0. The summed E-state index contributed by atoms with van der Waals surface area (Å²) in [6.07, 6.45) is 4.89. The van der Waals surface area contributed by atoms with Crippen LogP contribution in [0.2, 0.25) is 0 Å². The molecule has 1 saturated heterocycles. The minimum absolute atomic E-state index is 0.150. The van der Waals surface area contributed by atoms with Gasteiger partial charge in [0.2, 0.25) is 0 Å². The van der Waals surface area contributed by atoms with E-state index in [2.05, 4.69) is 37.1 Å². The molecule has 2 N–H and O–H groups in total. The zero-order chi connectivity index (χ0) is 15.7. The molecule has 2 atom stereocenters. The lowest BCUT2D eigenvalue weighted by Gasteiger charge is -2.30. The highest BCUT2D eigenvalue weighted by Gasteiger charge is 2.47. The Balaban J connectivity index is 1.78. The van der Waals surface area contributed by atoms with Crippen molar-refractivity contribution in [3.8, 4) is 11.5 Å². The molecule has 0 radical (unpaired) electrons. The summed E-state index contributed by atoms with van der Waals surface area (Å²) in [6.45, 7) is 4.24. The number of ether oxygens (including phenoxy) is 2. The van der Waals surface area contributed by atoms with Gasteiger partial charge in [0.05, 0.1) is 7.11 Å². The number of hydrogen-bond donors (Lipinski definition) is 1. The Morgan fingerprint density at radius 3 is 2.68 bits per heavy atom. The highest BCUT2D eigenvalue weighted by Crippen LogP contribution is 2.51. The normalized spacial score (nSPS) is 25.5. The molecule has 1 heterocycles. The van der Waals surface area contributed by atoms with Crippen molar-refractivity contribution in [3.63, 3.8) is 0 Å². The molecule has 1 aromatic rings. The molecule has 1 aromatic carbocycles. The van der Waals surface area contributed by atoms with Crippen LogP contribution < -0.4 is 15.2 Å². The lowest BCUT2D eigenvalue weighted by atomic mass is 9.89. The molecule has 2 fully saturated rings. The quantitative estimate of drug-likeness (QED) is 0.908. The van der Waals surface area contributed by atoms with Crippen LogP contribution in [0.15, 0.2) is 18.2 Å². The van der Waals surface area contributed by atoms with E-state index in [0.29, 0.717) is 0 Å². The van der Waals surface area contributed by atoms with Gasteiger partial charge in [-0.25, -0.2) is 0 Å². The number of nitrogens with two attached hydrogens (primary N) is 1. The highest BCUT2D eigenvalue weighted by molar-refractivity contribution is 5.47. The first-order valence-electron chi connectivity index (χ1n) is 8.34. The lowest BCUT2D eigenvalue weighted by molar-refractivity contribution is 0.101. The number of methoxy groups -OCH3 is 1. The SMILES string of the molecule is COc1cc(C2(C(C)N)CC2)ccc1OC1CCCN(C)C1. The topological polar surface area (TPSA) is 47.7 Å². The second-order valence-electron chi connectivity index (χ2n) is 6.95. The minimum Gasteiger partial charge on any atom is -0.493 e. The van der Waals surface area contributed by atoms with Crippen LogP contribution >= 0.6 is 0 Å². The van der Waals surface area contributed by atoms with Gasteiger partial charge >= 0.3 is 0 Å². The number of piperidine rings is 1. The first-order valence-corrected chi connectivity index (χ1v) is 8.34. The Hall–Kier alpha value is -1.26. The van der Waals surface area contributed by atoms with Crippen LogP contribution in [-0.4, -0.2) is 44.3 Å². The summed E-state index contributed by atoms with van der Waals surface area (Å²) in [5.41, 5.74) is 7.62. The van der Waals surface area contributed by atoms with E-state index in [4.69, 9.17) is 15.2 Å². The number of likely N-dealkylation sites (N-methyl/N-ethyl adjacent to an activating group) is 1. The molecule has 0 spiro atoms. The fraction of sp³-hybridized carbons (Fsp3) is 0.667. The monoisotopic (exact) mass is 304 g/mol. The van der Waals surface area contributed by atoms with Gasteiger partial charge in [-0.15, -0.1) is 0 Å². The maximum absolute atomic E-state index is 6.20. The predicted octanol–water partition coefficient (Wildman–Crippen LogP) is 2.55. The van der Waals surface area contributed by atoms with E-state index in [-0.39, 0.29) is 17.6 Å². The molecule has 4 nitrogen and oxygen atoms in total. The summed E-state index contributed by atoms with van der Waals surface area (Å²) < 4.78 is 11.8. The standard InChI is InChI=1S/C18H28N2O2/c1-13(19)18(8-9-18)14-6-7-16(17(11-14)21-3)22-15-5-4-10-20(2)12-15/h6-7,11,13,15H,4-5,8-10,12,19H2,1-3H3. The van der Waals surface area contributed by atoms with Crippen molar-refractivity contribution in [3.05, 3.63) is 23.8 Å². The fourth-order valence-electron chi connectivity index (χ4n) is 3.61. The number of hydrogen-bond acceptors (Lipinski definition) is 4. The molecule has 1 aliphatic heterocycles. The minimum atomic E-state index is 0.150. The van der Waals surface area contributed by atoms with Gasteiger partial charge in [-0.05, 0) is 63.9 Å². The Labute approximate surface area is 133 Å². The Kier molecular flexibility index (Phi) is 4.33. The number of likely N-dealkylation sites (tertiary alicyclic amines) is 1. The lowest BCUT2D eigenvalue weighted by Crippen LogP contribution is -2.38. The van der Waals surface area contributed by atoms with Gasteiger partial charge in [0.15, 0.2) is 11.5 Å². The predicted molar refractivity (Wildman–Crippen MR) is 88.7 cm³/mol. The van der Waals surface area contributed by atoms with E-state index in [1.807, 2.05) is 0 Å². The molecule has 3 rings (SSSR count). The Morgan fingerprint density at radius 2 is 2.09 bits per heavy atom. The van der Waals surface area contributed by atoms with E-state index in [1.54, 1.807) is 7.11 Å². The molecular formula is C18H28N2O2. The van der Waals surface area contributed by atoms with Gasteiger partial charge in [0.25, 0.3) is 0 Å². The highest BCUT2D eigenvalue weighted by atomic mass is 16.5. The van der Waals surface area contributed by atoms with E-state index in [1.165, 1.54) is 24.8 Å². The third kappa shape index (κ3) is 2.95. The first kappa shape index (κ1) is 15.6. The average molecular weight is 304 g/mol. The molecule has 2 unspecified atom stereocenters. The number of nitrogens with zero attached hydrogens (tertiary/aromatic N) is 1. The Bertz CT molecular complexity index is 526. The summed E-state index contributed by atoms with van der Waals surface area (Å²) in [4.78, 5) is 2.32. The van der Waals surface area contributed by atoms with Gasteiger partial charge in [0, 0.05) is 18.0 Å². The van der Waals surface area contributed by atoms with E-state index >= 15 is 0 Å². The van der Waals surface area contributed by atoms with Crippen LogP contribution in [0.3, 0.4) is 0 Å². The van der Waals surface area contributed by atoms with Gasteiger partial charge in [-0.3, -0.25) is 0 Å². The second kappa shape index (κ2) is 6.09. The van der Waals surface area contributed by atoms with E-state index in [9.17, 15) is 0 Å². The van der Waals surface area contributed by atoms with Crippen LogP contribution in [0, 0.1) is 0 Å². The molecule has 1 aliphatic carbocycles. The second-order valence-corrected chi connectivity index (χ2v) is 6.95. The molecular weight excluding hydrogens is 276 g/mol. The zero-order valence-electron chi connectivity index (χ0n) is 14.0. The van der Waals surface area contributed by atoms with Crippen molar-refractivity contribution in [1.82, 2.24) is 4.90 Å². The van der Waals surface area contributed by atoms with Crippen molar-refractivity contribution < 1.29 is 9.47 Å². The van der Waals surface area contributed by atoms with Gasteiger partial charge < -0.3 is 20.1 Å². The summed E-state index contributed by atoms with van der Waals surface area (Å²) in [5, 5.41) is 0. The van der Waals surface area contributed by atoms with E-state index in [0.717, 1.165) is 31.0 Å². The van der Waals surface area contributed by atoms with Gasteiger partial charge in [-0.2, -0.15) is 0 Å². The Morgan fingerprint density at radius 1 is 1.32 bits per heavy atom. The molecule has 0 aromatic heterocycles. The number of benzene rings is 1. The molecule has 0 bridgehead atoms. The molecule has 0 amide bonds. The van der Waals surface area contributed by atoms with Crippen molar-refractivity contribution in [2.24, 2.45) is 5.73 Å². The van der Waals surface area contributed by atoms with Gasteiger partial charge in [0.1, 0.15) is 6.10 Å². The van der Waals surface area contributed by atoms with Crippen LogP contribution in [0.25, 0.3) is 0 Å². The molecule has 2 aliphatic rings. The fourth-order valence-corrected chi connectivity index (χ4v) is 3.61. The third-order valence-electron chi connectivity index (χ3n) is 5.27. The van der Waals surface area contributed by atoms with Crippen LogP contribution in [-0.2, 0) is 5.41 Å². The first-order chi connectivity index (χ1) is 10.5. The van der Waals surface area contributed by atoms with E-state index < -0.39 is 0 Å². The largest absolute Gasteiger partial charge is 0.493 e. The summed E-state index contributed by atoms with van der Waals surface area (Å²) in [5.74, 6) is 1.68. The van der Waals surface area contributed by atoms with Crippen molar-refractivity contribution >= 4 is 0 Å². The van der Waals surface area contributed by atoms with Gasteiger partial charge in [-0.1, -0.05) is 6.07 Å².